The Morgan fingerprint density at radius 1 is 1.15 bits per heavy atom. The third-order valence-electron chi connectivity index (χ3n) is 2.98. The summed E-state index contributed by atoms with van der Waals surface area (Å²) >= 11 is 1.71. The van der Waals surface area contributed by atoms with Crippen LogP contribution >= 0.6 is 11.3 Å². The summed E-state index contributed by atoms with van der Waals surface area (Å²) in [6.07, 6.45) is 0.757. The van der Waals surface area contributed by atoms with Crippen LogP contribution in [-0.2, 0) is 13.0 Å². The van der Waals surface area contributed by atoms with Gasteiger partial charge < -0.3 is 9.73 Å². The molecule has 1 N–H and O–H groups in total. The first-order valence-corrected chi connectivity index (χ1v) is 7.47. The zero-order valence-electron chi connectivity index (χ0n) is 11.2. The van der Waals surface area contributed by atoms with E-state index in [1.165, 1.54) is 5.56 Å². The third-order valence-corrected chi connectivity index (χ3v) is 3.71. The Bertz CT molecular complexity index is 659. The van der Waals surface area contributed by atoms with Crippen LogP contribution in [0.25, 0.3) is 11.5 Å². The number of hydrogen-bond donors (Lipinski definition) is 1. The fourth-order valence-electron chi connectivity index (χ4n) is 1.84. The Morgan fingerprint density at radius 3 is 2.65 bits per heavy atom. The average Bonchev–Trinajstić information content (AvgIpc) is 3.17. The molecule has 0 amide bonds. The second kappa shape index (κ2) is 5.88. The molecule has 0 saturated heterocycles. The van der Waals surface area contributed by atoms with Crippen molar-refractivity contribution in [2.24, 2.45) is 0 Å². The smallest absolute Gasteiger partial charge is 0.247 e. The number of aromatic nitrogens is 2. The van der Waals surface area contributed by atoms with E-state index in [1.807, 2.05) is 31.2 Å². The average molecular weight is 285 g/mol. The second-order valence-electron chi connectivity index (χ2n) is 4.42. The molecule has 5 heteroatoms. The second-order valence-corrected chi connectivity index (χ2v) is 5.20. The lowest BCUT2D eigenvalue weighted by molar-refractivity contribution is 0.513. The first-order chi connectivity index (χ1) is 9.85. The van der Waals surface area contributed by atoms with Crippen LogP contribution in [0.1, 0.15) is 18.4 Å². The molecular formula is C15H15N3OS. The van der Waals surface area contributed by atoms with Crippen molar-refractivity contribution < 1.29 is 4.42 Å². The molecule has 0 radical (unpaired) electrons. The van der Waals surface area contributed by atoms with E-state index in [-0.39, 0.29) is 0 Å². The molecule has 0 bridgehead atoms. The summed E-state index contributed by atoms with van der Waals surface area (Å²) in [5, 5.41) is 15.6. The SMILES string of the molecule is CCc1nnc(-c2ccc(NCc3ccsc3)cc2)o1. The van der Waals surface area contributed by atoms with Crippen LogP contribution in [0.4, 0.5) is 5.69 Å². The maximum Gasteiger partial charge on any atom is 0.247 e. The van der Waals surface area contributed by atoms with Crippen molar-refractivity contribution >= 4 is 17.0 Å². The van der Waals surface area contributed by atoms with E-state index in [4.69, 9.17) is 4.42 Å². The summed E-state index contributed by atoms with van der Waals surface area (Å²) < 4.78 is 5.54. The molecule has 2 heterocycles. The normalized spacial score (nSPS) is 10.7. The van der Waals surface area contributed by atoms with E-state index in [0.717, 1.165) is 24.2 Å². The largest absolute Gasteiger partial charge is 0.421 e. The summed E-state index contributed by atoms with van der Waals surface area (Å²) in [5.41, 5.74) is 3.32. The van der Waals surface area contributed by atoms with Gasteiger partial charge in [-0.15, -0.1) is 10.2 Å². The lowest BCUT2D eigenvalue weighted by Crippen LogP contribution is -1.97. The van der Waals surface area contributed by atoms with E-state index in [1.54, 1.807) is 11.3 Å². The number of nitrogens with zero attached hydrogens (tertiary/aromatic N) is 2. The molecule has 0 aliphatic heterocycles. The Balaban J connectivity index is 1.67. The fourth-order valence-corrected chi connectivity index (χ4v) is 2.51. The van der Waals surface area contributed by atoms with Crippen LogP contribution in [0.5, 0.6) is 0 Å². The van der Waals surface area contributed by atoms with Crippen molar-refractivity contribution in [3.05, 3.63) is 52.5 Å². The highest BCUT2D eigenvalue weighted by molar-refractivity contribution is 7.07. The fraction of sp³-hybridized carbons (Fsp3) is 0.200. The van der Waals surface area contributed by atoms with E-state index in [9.17, 15) is 0 Å². The molecule has 0 atom stereocenters. The van der Waals surface area contributed by atoms with E-state index >= 15 is 0 Å². The van der Waals surface area contributed by atoms with Crippen LogP contribution in [0.2, 0.25) is 0 Å². The highest BCUT2D eigenvalue weighted by atomic mass is 32.1. The molecule has 0 aliphatic carbocycles. The van der Waals surface area contributed by atoms with Crippen LogP contribution < -0.4 is 5.32 Å². The molecular weight excluding hydrogens is 270 g/mol. The molecule has 102 valence electrons. The van der Waals surface area contributed by atoms with Gasteiger partial charge >= 0.3 is 0 Å². The summed E-state index contributed by atoms with van der Waals surface area (Å²) in [6.45, 7) is 2.83. The Kier molecular flexibility index (Phi) is 3.78. The number of anilines is 1. The van der Waals surface area contributed by atoms with Crippen molar-refractivity contribution in [3.63, 3.8) is 0 Å². The number of rotatable bonds is 5. The van der Waals surface area contributed by atoms with Gasteiger partial charge in [-0.3, -0.25) is 0 Å². The first-order valence-electron chi connectivity index (χ1n) is 6.53. The number of benzene rings is 1. The predicted molar refractivity (Wildman–Crippen MR) is 80.8 cm³/mol. The zero-order valence-corrected chi connectivity index (χ0v) is 12.0. The van der Waals surface area contributed by atoms with Gasteiger partial charge in [0.2, 0.25) is 11.8 Å². The first kappa shape index (κ1) is 12.9. The molecule has 4 nitrogen and oxygen atoms in total. The molecule has 3 rings (SSSR count). The molecule has 2 aromatic heterocycles. The minimum Gasteiger partial charge on any atom is -0.421 e. The molecule has 0 saturated carbocycles. The summed E-state index contributed by atoms with van der Waals surface area (Å²) in [6, 6.07) is 10.2. The molecule has 3 aromatic rings. The zero-order chi connectivity index (χ0) is 13.8. The molecule has 0 spiro atoms. The van der Waals surface area contributed by atoms with Gasteiger partial charge in [-0.2, -0.15) is 11.3 Å². The highest BCUT2D eigenvalue weighted by Gasteiger charge is 2.06. The minimum atomic E-state index is 0.575. The van der Waals surface area contributed by atoms with Crippen LogP contribution in [0.15, 0.2) is 45.5 Å². The van der Waals surface area contributed by atoms with Gasteiger partial charge in [-0.25, -0.2) is 0 Å². The molecule has 20 heavy (non-hydrogen) atoms. The third kappa shape index (κ3) is 2.88. The summed E-state index contributed by atoms with van der Waals surface area (Å²) in [4.78, 5) is 0. The number of hydrogen-bond acceptors (Lipinski definition) is 5. The van der Waals surface area contributed by atoms with Gasteiger partial charge in [0.1, 0.15) is 0 Å². The van der Waals surface area contributed by atoms with E-state index in [2.05, 4.69) is 32.3 Å². The van der Waals surface area contributed by atoms with Crippen LogP contribution in [-0.4, -0.2) is 10.2 Å². The molecule has 0 aliphatic rings. The molecule has 0 unspecified atom stereocenters. The number of aryl methyl sites for hydroxylation is 1. The van der Waals surface area contributed by atoms with Crippen molar-refractivity contribution in [3.8, 4) is 11.5 Å². The predicted octanol–water partition coefficient (Wildman–Crippen LogP) is 3.97. The van der Waals surface area contributed by atoms with Gasteiger partial charge in [-0.1, -0.05) is 6.92 Å². The topological polar surface area (TPSA) is 51.0 Å². The van der Waals surface area contributed by atoms with Crippen molar-refractivity contribution in [2.45, 2.75) is 19.9 Å². The lowest BCUT2D eigenvalue weighted by atomic mass is 10.2. The Labute approximate surface area is 121 Å². The molecule has 1 aromatic carbocycles. The summed E-state index contributed by atoms with van der Waals surface area (Å²) in [7, 11) is 0. The van der Waals surface area contributed by atoms with Gasteiger partial charge in [0.05, 0.1) is 0 Å². The van der Waals surface area contributed by atoms with Crippen molar-refractivity contribution in [2.75, 3.05) is 5.32 Å². The van der Waals surface area contributed by atoms with Gasteiger partial charge in [0, 0.05) is 24.2 Å². The van der Waals surface area contributed by atoms with Crippen molar-refractivity contribution in [1.82, 2.24) is 10.2 Å². The molecule has 0 fully saturated rings. The highest BCUT2D eigenvalue weighted by Crippen LogP contribution is 2.20. The van der Waals surface area contributed by atoms with Crippen molar-refractivity contribution in [1.29, 1.82) is 0 Å². The monoisotopic (exact) mass is 285 g/mol. The quantitative estimate of drug-likeness (QED) is 0.770. The van der Waals surface area contributed by atoms with E-state index < -0.39 is 0 Å². The van der Waals surface area contributed by atoms with Gasteiger partial charge in [0.15, 0.2) is 0 Å². The van der Waals surface area contributed by atoms with Gasteiger partial charge in [0.25, 0.3) is 0 Å². The van der Waals surface area contributed by atoms with E-state index in [0.29, 0.717) is 11.8 Å². The standard InChI is InChI=1S/C15H15N3OS/c1-2-14-17-18-15(19-14)12-3-5-13(6-4-12)16-9-11-7-8-20-10-11/h3-8,10,16H,2,9H2,1H3. The van der Waals surface area contributed by atoms with Crippen LogP contribution in [0.3, 0.4) is 0 Å². The maximum atomic E-state index is 5.54. The number of nitrogens with one attached hydrogen (secondary N) is 1. The Hall–Kier alpha value is -2.14. The number of thiophene rings is 1. The van der Waals surface area contributed by atoms with Gasteiger partial charge in [-0.05, 0) is 46.7 Å². The summed E-state index contributed by atoms with van der Waals surface area (Å²) in [5.74, 6) is 1.24. The Morgan fingerprint density at radius 2 is 2.00 bits per heavy atom. The van der Waals surface area contributed by atoms with Crippen LogP contribution in [0, 0.1) is 0 Å². The minimum absolute atomic E-state index is 0.575. The lowest BCUT2D eigenvalue weighted by Gasteiger charge is -2.05. The maximum absolute atomic E-state index is 5.54.